The number of nitrogens with one attached hydrogen (secondary N) is 1. The first-order valence-corrected chi connectivity index (χ1v) is 9.34. The molecule has 1 aromatic heterocycles. The van der Waals surface area contributed by atoms with E-state index in [1.165, 1.54) is 31.0 Å². The van der Waals surface area contributed by atoms with Gasteiger partial charge in [-0.05, 0) is 37.8 Å². The van der Waals surface area contributed by atoms with Crippen LogP contribution in [0.5, 0.6) is 0 Å². The molecular weight excluding hydrogens is 304 g/mol. The first-order chi connectivity index (χ1) is 11.1. The number of aromatic nitrogens is 1. The molecule has 0 radical (unpaired) electrons. The number of carbonyl (C=O) groups is 1. The van der Waals surface area contributed by atoms with Crippen LogP contribution < -0.4 is 5.32 Å². The molecule has 122 valence electrons. The van der Waals surface area contributed by atoms with Crippen molar-refractivity contribution in [3.63, 3.8) is 0 Å². The molecule has 2 aromatic rings. The maximum Gasteiger partial charge on any atom is 0.233 e. The first kappa shape index (κ1) is 16.3. The molecule has 3 atom stereocenters. The number of hydrogen-bond acceptors (Lipinski definition) is 3. The fraction of sp³-hybridized carbons (Fsp3) is 0.474. The van der Waals surface area contributed by atoms with E-state index in [1.807, 2.05) is 31.2 Å². The zero-order valence-corrected chi connectivity index (χ0v) is 14.6. The molecule has 1 fully saturated rings. The lowest BCUT2D eigenvalue weighted by Gasteiger charge is -2.30. The third-order valence-corrected chi connectivity index (χ3v) is 5.72. The van der Waals surface area contributed by atoms with Crippen molar-refractivity contribution < 1.29 is 4.79 Å². The fourth-order valence-corrected chi connectivity index (χ4v) is 4.01. The minimum atomic E-state index is -0.127. The van der Waals surface area contributed by atoms with E-state index in [1.54, 1.807) is 0 Å². The average Bonchev–Trinajstić information content (AvgIpc) is 2.56. The van der Waals surface area contributed by atoms with Crippen LogP contribution in [0.1, 0.15) is 39.5 Å². The van der Waals surface area contributed by atoms with Crippen LogP contribution in [0.15, 0.2) is 41.4 Å². The lowest BCUT2D eigenvalue weighted by Crippen LogP contribution is -2.44. The Labute approximate surface area is 142 Å². The van der Waals surface area contributed by atoms with Crippen molar-refractivity contribution in [2.24, 2.45) is 5.92 Å². The zero-order chi connectivity index (χ0) is 16.2. The standard InChI is InChI=1S/C19H24N2OS/c1-13-7-3-5-9-16(13)21-19(22)14(2)23-18-12-11-15-8-4-6-10-17(15)20-18/h4,6,8,10-14,16H,3,5,7,9H2,1-2H3,(H,21,22)/t13-,14+,16-/m1/s1. The molecule has 1 aromatic carbocycles. The number of benzene rings is 1. The Morgan fingerprint density at radius 2 is 2.00 bits per heavy atom. The number of hydrogen-bond donors (Lipinski definition) is 1. The van der Waals surface area contributed by atoms with Crippen molar-refractivity contribution in [2.75, 3.05) is 0 Å². The maximum atomic E-state index is 12.5. The molecule has 1 saturated carbocycles. The van der Waals surface area contributed by atoms with Gasteiger partial charge in [-0.2, -0.15) is 0 Å². The maximum absolute atomic E-state index is 12.5. The summed E-state index contributed by atoms with van der Waals surface area (Å²) in [6.45, 7) is 4.21. The lowest BCUT2D eigenvalue weighted by molar-refractivity contribution is -0.121. The summed E-state index contributed by atoms with van der Waals surface area (Å²) in [5.74, 6) is 0.715. The summed E-state index contributed by atoms with van der Waals surface area (Å²) in [4.78, 5) is 17.1. The van der Waals surface area contributed by atoms with Crippen LogP contribution in [-0.2, 0) is 4.79 Å². The minimum Gasteiger partial charge on any atom is -0.352 e. The van der Waals surface area contributed by atoms with E-state index < -0.39 is 0 Å². The number of nitrogens with zero attached hydrogens (tertiary/aromatic N) is 1. The predicted molar refractivity (Wildman–Crippen MR) is 96.6 cm³/mol. The molecule has 3 nitrogen and oxygen atoms in total. The van der Waals surface area contributed by atoms with E-state index in [-0.39, 0.29) is 11.2 Å². The summed E-state index contributed by atoms with van der Waals surface area (Å²) in [6, 6.07) is 12.5. The van der Waals surface area contributed by atoms with Crippen LogP contribution in [0.2, 0.25) is 0 Å². The van der Waals surface area contributed by atoms with Gasteiger partial charge in [-0.3, -0.25) is 4.79 Å². The third-order valence-electron chi connectivity index (χ3n) is 4.68. The van der Waals surface area contributed by atoms with Gasteiger partial charge in [0.25, 0.3) is 0 Å². The zero-order valence-electron chi connectivity index (χ0n) is 13.8. The molecule has 1 N–H and O–H groups in total. The van der Waals surface area contributed by atoms with Crippen molar-refractivity contribution in [3.8, 4) is 0 Å². The van der Waals surface area contributed by atoms with Gasteiger partial charge in [-0.25, -0.2) is 4.98 Å². The van der Waals surface area contributed by atoms with E-state index in [0.29, 0.717) is 12.0 Å². The lowest BCUT2D eigenvalue weighted by atomic mass is 9.86. The van der Waals surface area contributed by atoms with Crippen LogP contribution in [0.25, 0.3) is 10.9 Å². The summed E-state index contributed by atoms with van der Waals surface area (Å²) in [6.07, 6.45) is 4.85. The number of carbonyl (C=O) groups excluding carboxylic acids is 1. The molecule has 3 rings (SSSR count). The number of rotatable bonds is 4. The molecular formula is C19H24N2OS. The average molecular weight is 328 g/mol. The van der Waals surface area contributed by atoms with Crippen LogP contribution in [0.4, 0.5) is 0 Å². The van der Waals surface area contributed by atoms with E-state index in [2.05, 4.69) is 29.4 Å². The minimum absolute atomic E-state index is 0.127. The Morgan fingerprint density at radius 3 is 2.83 bits per heavy atom. The van der Waals surface area contributed by atoms with Gasteiger partial charge < -0.3 is 5.32 Å². The van der Waals surface area contributed by atoms with Crippen LogP contribution in [0.3, 0.4) is 0 Å². The monoisotopic (exact) mass is 328 g/mol. The molecule has 4 heteroatoms. The number of fused-ring (bicyclic) bond motifs is 1. The Hall–Kier alpha value is -1.55. The summed E-state index contributed by atoms with van der Waals surface area (Å²) >= 11 is 1.53. The molecule has 0 saturated heterocycles. The van der Waals surface area contributed by atoms with Gasteiger partial charge in [-0.15, -0.1) is 0 Å². The smallest absolute Gasteiger partial charge is 0.233 e. The SMILES string of the molecule is C[C@H](Sc1ccc2ccccc2n1)C(=O)N[C@@H]1CCCC[C@H]1C. The number of para-hydroxylation sites is 1. The number of amides is 1. The normalized spacial score (nSPS) is 22.7. The molecule has 1 heterocycles. The van der Waals surface area contributed by atoms with Gasteiger partial charge in [0, 0.05) is 11.4 Å². The molecule has 23 heavy (non-hydrogen) atoms. The van der Waals surface area contributed by atoms with Gasteiger partial charge in [0.05, 0.1) is 15.8 Å². The van der Waals surface area contributed by atoms with E-state index in [0.717, 1.165) is 22.3 Å². The molecule has 1 aliphatic rings. The van der Waals surface area contributed by atoms with Crippen molar-refractivity contribution in [2.45, 2.75) is 55.8 Å². The van der Waals surface area contributed by atoms with Crippen molar-refractivity contribution in [1.82, 2.24) is 10.3 Å². The quantitative estimate of drug-likeness (QED) is 0.845. The molecule has 1 aliphatic carbocycles. The second-order valence-electron chi connectivity index (χ2n) is 6.48. The van der Waals surface area contributed by atoms with Crippen LogP contribution in [-0.4, -0.2) is 22.2 Å². The highest BCUT2D eigenvalue weighted by atomic mass is 32.2. The summed E-state index contributed by atoms with van der Waals surface area (Å²) in [5.41, 5.74) is 0.978. The van der Waals surface area contributed by atoms with Crippen molar-refractivity contribution >= 4 is 28.6 Å². The second-order valence-corrected chi connectivity index (χ2v) is 7.84. The highest BCUT2D eigenvalue weighted by Gasteiger charge is 2.25. The fourth-order valence-electron chi connectivity index (χ4n) is 3.18. The number of pyridine rings is 1. The Kier molecular flexibility index (Phi) is 5.21. The van der Waals surface area contributed by atoms with E-state index in [4.69, 9.17) is 0 Å². The highest BCUT2D eigenvalue weighted by molar-refractivity contribution is 8.00. The predicted octanol–water partition coefficient (Wildman–Crippen LogP) is 4.41. The van der Waals surface area contributed by atoms with Gasteiger partial charge in [0.1, 0.15) is 0 Å². The van der Waals surface area contributed by atoms with Gasteiger partial charge in [-0.1, -0.05) is 55.8 Å². The second kappa shape index (κ2) is 7.35. The Morgan fingerprint density at radius 1 is 1.22 bits per heavy atom. The van der Waals surface area contributed by atoms with Gasteiger partial charge >= 0.3 is 0 Å². The van der Waals surface area contributed by atoms with Crippen molar-refractivity contribution in [3.05, 3.63) is 36.4 Å². The molecule has 0 unspecified atom stereocenters. The molecule has 0 bridgehead atoms. The molecule has 0 aliphatic heterocycles. The van der Waals surface area contributed by atoms with E-state index in [9.17, 15) is 4.79 Å². The largest absolute Gasteiger partial charge is 0.352 e. The highest BCUT2D eigenvalue weighted by Crippen LogP contribution is 2.26. The van der Waals surface area contributed by atoms with Crippen LogP contribution in [0, 0.1) is 5.92 Å². The summed E-state index contributed by atoms with van der Waals surface area (Å²) < 4.78 is 0. The number of thioether (sulfide) groups is 1. The Balaban J connectivity index is 1.62. The van der Waals surface area contributed by atoms with E-state index >= 15 is 0 Å². The molecule has 0 spiro atoms. The summed E-state index contributed by atoms with van der Waals surface area (Å²) in [7, 11) is 0. The van der Waals surface area contributed by atoms with Gasteiger partial charge in [0.15, 0.2) is 0 Å². The summed E-state index contributed by atoms with van der Waals surface area (Å²) in [5, 5.41) is 5.15. The van der Waals surface area contributed by atoms with Gasteiger partial charge in [0.2, 0.25) is 5.91 Å². The van der Waals surface area contributed by atoms with Crippen molar-refractivity contribution in [1.29, 1.82) is 0 Å². The first-order valence-electron chi connectivity index (χ1n) is 8.46. The van der Waals surface area contributed by atoms with Crippen LogP contribution >= 0.6 is 11.8 Å². The third kappa shape index (κ3) is 4.05. The molecule has 1 amide bonds. The topological polar surface area (TPSA) is 42.0 Å². The Bertz CT molecular complexity index is 688.